The average Bonchev–Trinajstić information content (AvgIpc) is 3.48. The highest BCUT2D eigenvalue weighted by Crippen LogP contribution is 2.36. The van der Waals surface area contributed by atoms with E-state index in [9.17, 15) is 15.2 Å². The van der Waals surface area contributed by atoms with Crippen molar-refractivity contribution in [1.29, 1.82) is 5.26 Å². The van der Waals surface area contributed by atoms with Gasteiger partial charge >= 0.3 is 0 Å². The van der Waals surface area contributed by atoms with Crippen LogP contribution >= 0.6 is 0 Å². The highest BCUT2D eigenvalue weighted by molar-refractivity contribution is 5.98. The molecule has 2 heterocycles. The third-order valence-electron chi connectivity index (χ3n) is 5.04. The number of ether oxygens (including phenoxy) is 2. The van der Waals surface area contributed by atoms with Gasteiger partial charge in [0.2, 0.25) is 0 Å². The number of aliphatic hydroxyl groups is 1. The van der Waals surface area contributed by atoms with Crippen LogP contribution < -0.4 is 10.1 Å². The normalized spacial score (nSPS) is 18.1. The number of nitriles is 1. The molecule has 1 saturated heterocycles. The summed E-state index contributed by atoms with van der Waals surface area (Å²) in [5, 5.41) is 22.1. The fourth-order valence-corrected chi connectivity index (χ4v) is 3.13. The number of carbonyl (C=O) groups excluding carboxylic acids is 1. The molecule has 0 spiro atoms. The lowest BCUT2D eigenvalue weighted by atomic mass is 10.0. The molecule has 2 aliphatic rings. The highest BCUT2D eigenvalue weighted by Gasteiger charge is 2.48. The Labute approximate surface area is 162 Å². The minimum atomic E-state index is -1.26. The molecule has 1 aromatic heterocycles. The average molecular weight is 379 g/mol. The number of aromatic nitrogens is 1. The highest BCUT2D eigenvalue weighted by atomic mass is 16.5. The lowest BCUT2D eigenvalue weighted by molar-refractivity contribution is -0.125. The second-order valence-electron chi connectivity index (χ2n) is 7.17. The molecule has 1 saturated carbocycles. The number of anilines is 1. The van der Waals surface area contributed by atoms with Crippen LogP contribution in [0.25, 0.3) is 11.1 Å². The summed E-state index contributed by atoms with van der Waals surface area (Å²) in [6.07, 6.45) is 4.21. The van der Waals surface area contributed by atoms with Gasteiger partial charge in [0.25, 0.3) is 5.91 Å². The van der Waals surface area contributed by atoms with Crippen molar-refractivity contribution in [3.05, 3.63) is 42.1 Å². The molecular weight excluding hydrogens is 358 g/mol. The van der Waals surface area contributed by atoms with E-state index in [1.54, 1.807) is 30.5 Å². The number of benzene rings is 1. The molecule has 7 heteroatoms. The van der Waals surface area contributed by atoms with Gasteiger partial charge in [-0.2, -0.15) is 5.26 Å². The zero-order chi connectivity index (χ0) is 19.6. The number of amides is 1. The SMILES string of the molecule is N#Cc1cc(-c2ccnc(NC(=O)C3(O)CC3)c2)ccc1OC1CCOCC1. The summed E-state index contributed by atoms with van der Waals surface area (Å²) in [6, 6.07) is 11.2. The summed E-state index contributed by atoms with van der Waals surface area (Å²) in [6.45, 7) is 1.34. The number of hydrogen-bond acceptors (Lipinski definition) is 6. The van der Waals surface area contributed by atoms with E-state index < -0.39 is 11.5 Å². The smallest absolute Gasteiger partial charge is 0.257 e. The van der Waals surface area contributed by atoms with Crippen molar-refractivity contribution >= 4 is 11.7 Å². The minimum absolute atomic E-state index is 0.0580. The molecular formula is C21H21N3O4. The van der Waals surface area contributed by atoms with Crippen LogP contribution in [0.3, 0.4) is 0 Å². The van der Waals surface area contributed by atoms with Gasteiger partial charge in [0.15, 0.2) is 0 Å². The first-order valence-corrected chi connectivity index (χ1v) is 9.36. The maximum Gasteiger partial charge on any atom is 0.257 e. The van der Waals surface area contributed by atoms with Crippen LogP contribution in [-0.2, 0) is 9.53 Å². The van der Waals surface area contributed by atoms with E-state index in [1.165, 1.54) is 0 Å². The lowest BCUT2D eigenvalue weighted by Crippen LogP contribution is -2.29. The Balaban J connectivity index is 1.53. The second-order valence-corrected chi connectivity index (χ2v) is 7.17. The van der Waals surface area contributed by atoms with Crippen molar-refractivity contribution in [3.63, 3.8) is 0 Å². The third kappa shape index (κ3) is 3.98. The van der Waals surface area contributed by atoms with Crippen LogP contribution in [0.2, 0.25) is 0 Å². The fraction of sp³-hybridized carbons (Fsp3) is 0.381. The van der Waals surface area contributed by atoms with Crippen LogP contribution in [0.15, 0.2) is 36.5 Å². The summed E-state index contributed by atoms with van der Waals surface area (Å²) in [7, 11) is 0. The maximum absolute atomic E-state index is 12.0. The van der Waals surface area contributed by atoms with Crippen molar-refractivity contribution in [2.45, 2.75) is 37.4 Å². The molecule has 144 valence electrons. The van der Waals surface area contributed by atoms with Crippen LogP contribution in [0, 0.1) is 11.3 Å². The van der Waals surface area contributed by atoms with Crippen molar-refractivity contribution in [2.24, 2.45) is 0 Å². The van der Waals surface area contributed by atoms with Crippen LogP contribution in [0.4, 0.5) is 5.82 Å². The Morgan fingerprint density at radius 1 is 1.25 bits per heavy atom. The van der Waals surface area contributed by atoms with Crippen LogP contribution in [-0.4, -0.2) is 40.9 Å². The summed E-state index contributed by atoms with van der Waals surface area (Å²) in [5.41, 5.74) is 0.828. The molecule has 0 unspecified atom stereocenters. The fourth-order valence-electron chi connectivity index (χ4n) is 3.13. The molecule has 0 bridgehead atoms. The van der Waals surface area contributed by atoms with Crippen molar-refractivity contribution < 1.29 is 19.4 Å². The molecule has 0 radical (unpaired) electrons. The summed E-state index contributed by atoms with van der Waals surface area (Å²) in [5.74, 6) is 0.496. The van der Waals surface area contributed by atoms with E-state index in [4.69, 9.17) is 9.47 Å². The largest absolute Gasteiger partial charge is 0.489 e. The number of hydrogen-bond donors (Lipinski definition) is 2. The first kappa shape index (κ1) is 18.4. The molecule has 2 fully saturated rings. The van der Waals surface area contributed by atoms with Gasteiger partial charge in [-0.25, -0.2) is 4.98 Å². The van der Waals surface area contributed by atoms with Crippen molar-refractivity contribution in [3.8, 4) is 22.9 Å². The molecule has 0 atom stereocenters. The Kier molecular flexibility index (Phi) is 4.99. The lowest BCUT2D eigenvalue weighted by Gasteiger charge is -2.23. The number of rotatable bonds is 5. The minimum Gasteiger partial charge on any atom is -0.489 e. The van der Waals surface area contributed by atoms with Gasteiger partial charge in [0.05, 0.1) is 18.8 Å². The Bertz CT molecular complexity index is 927. The third-order valence-corrected chi connectivity index (χ3v) is 5.04. The van der Waals surface area contributed by atoms with E-state index >= 15 is 0 Å². The van der Waals surface area contributed by atoms with E-state index in [1.807, 2.05) is 6.07 Å². The van der Waals surface area contributed by atoms with Gasteiger partial charge in [0, 0.05) is 19.0 Å². The van der Waals surface area contributed by atoms with Gasteiger partial charge in [-0.15, -0.1) is 0 Å². The maximum atomic E-state index is 12.0. The number of nitrogens with one attached hydrogen (secondary N) is 1. The van der Waals surface area contributed by atoms with Crippen molar-refractivity contribution in [1.82, 2.24) is 4.98 Å². The standard InChI is InChI=1S/C21H21N3O4/c22-13-16-11-14(1-2-18(16)28-17-4-9-27-10-5-17)15-3-8-23-19(12-15)24-20(25)21(26)6-7-21/h1-3,8,11-12,17,26H,4-7,9-10H2,(H,23,24,25). The van der Waals surface area contributed by atoms with E-state index in [0.717, 1.165) is 24.0 Å². The first-order chi connectivity index (χ1) is 13.6. The molecule has 1 amide bonds. The Morgan fingerprint density at radius 3 is 2.71 bits per heavy atom. The molecule has 2 aromatic rings. The zero-order valence-electron chi connectivity index (χ0n) is 15.4. The van der Waals surface area contributed by atoms with Gasteiger partial charge < -0.3 is 19.9 Å². The van der Waals surface area contributed by atoms with Crippen LogP contribution in [0.5, 0.6) is 5.75 Å². The van der Waals surface area contributed by atoms with Gasteiger partial charge in [-0.05, 0) is 48.2 Å². The molecule has 1 aliphatic heterocycles. The van der Waals surface area contributed by atoms with Gasteiger partial charge in [0.1, 0.15) is 29.3 Å². The molecule has 4 rings (SSSR count). The van der Waals surface area contributed by atoms with E-state index in [2.05, 4.69) is 16.4 Å². The van der Waals surface area contributed by atoms with E-state index in [0.29, 0.717) is 43.2 Å². The number of carbonyl (C=O) groups is 1. The predicted octanol–water partition coefficient (Wildman–Crippen LogP) is 2.64. The Hall–Kier alpha value is -2.95. The van der Waals surface area contributed by atoms with E-state index in [-0.39, 0.29) is 6.10 Å². The number of nitrogens with zero attached hydrogens (tertiary/aromatic N) is 2. The van der Waals surface area contributed by atoms with Gasteiger partial charge in [-0.1, -0.05) is 6.07 Å². The molecule has 2 N–H and O–H groups in total. The van der Waals surface area contributed by atoms with Gasteiger partial charge in [-0.3, -0.25) is 4.79 Å². The second kappa shape index (κ2) is 7.58. The quantitative estimate of drug-likeness (QED) is 0.828. The molecule has 28 heavy (non-hydrogen) atoms. The molecule has 1 aromatic carbocycles. The summed E-state index contributed by atoms with van der Waals surface area (Å²) < 4.78 is 11.3. The number of pyridine rings is 1. The topological polar surface area (TPSA) is 104 Å². The monoisotopic (exact) mass is 379 g/mol. The Morgan fingerprint density at radius 2 is 2.00 bits per heavy atom. The zero-order valence-corrected chi connectivity index (χ0v) is 15.4. The first-order valence-electron chi connectivity index (χ1n) is 9.36. The molecule has 1 aliphatic carbocycles. The predicted molar refractivity (Wildman–Crippen MR) is 102 cm³/mol. The molecule has 7 nitrogen and oxygen atoms in total. The van der Waals surface area contributed by atoms with Crippen LogP contribution in [0.1, 0.15) is 31.2 Å². The van der Waals surface area contributed by atoms with Crippen molar-refractivity contribution in [2.75, 3.05) is 18.5 Å². The summed E-state index contributed by atoms with van der Waals surface area (Å²) >= 11 is 0. The summed E-state index contributed by atoms with van der Waals surface area (Å²) in [4.78, 5) is 16.1.